The van der Waals surface area contributed by atoms with E-state index in [2.05, 4.69) is 0 Å². The number of nitrogens with zero attached hydrogens (tertiary/aromatic N) is 1. The summed E-state index contributed by atoms with van der Waals surface area (Å²) in [6.45, 7) is 7.43. The summed E-state index contributed by atoms with van der Waals surface area (Å²) < 4.78 is 16.8. The van der Waals surface area contributed by atoms with E-state index in [0.29, 0.717) is 16.5 Å². The van der Waals surface area contributed by atoms with E-state index in [1.807, 2.05) is 26.0 Å². The Hall–Kier alpha value is -3.58. The molecule has 0 aromatic heterocycles. The molecule has 4 rings (SSSR count). The Morgan fingerprint density at radius 2 is 1.71 bits per heavy atom. The fraction of sp³-hybridized carbons (Fsp3) is 0.269. The minimum absolute atomic E-state index is 0.0532. The molecule has 1 atom stereocenters. The summed E-state index contributed by atoms with van der Waals surface area (Å²) in [5.41, 5.74) is 2.90. The second-order valence-corrected chi connectivity index (χ2v) is 8.32. The molecule has 0 saturated heterocycles. The predicted octanol–water partition coefficient (Wildman–Crippen LogP) is 4.68. The van der Waals surface area contributed by atoms with Crippen molar-refractivity contribution in [3.8, 4) is 5.75 Å². The fourth-order valence-corrected chi connectivity index (χ4v) is 4.12. The molecule has 0 amide bonds. The standard InChI is InChI=1S/C26H24ClNO6/c1-5-32-25(30)19-13-20-23(29)18-12-16(27)8-10-21(18)34-24(20)28(22(19)26(31)33-6-2)17-9-7-14(3)15(4)11-17/h7-13,24H,5-6H2,1-4H3. The van der Waals surface area contributed by atoms with Gasteiger partial charge in [-0.1, -0.05) is 17.7 Å². The third-order valence-electron chi connectivity index (χ3n) is 5.72. The molecule has 0 aliphatic carbocycles. The Kier molecular flexibility index (Phi) is 6.48. The maximum absolute atomic E-state index is 13.5. The van der Waals surface area contributed by atoms with Crippen LogP contribution in [0.2, 0.25) is 5.02 Å². The molecule has 2 aliphatic heterocycles. The SMILES string of the molecule is CCOC(=O)C1=C(C(=O)OCC)N(c2ccc(C)c(C)c2)C2Oc3ccc(Cl)cc3C(=O)C2=C1. The molecule has 34 heavy (non-hydrogen) atoms. The molecule has 0 radical (unpaired) electrons. The van der Waals surface area contributed by atoms with E-state index in [-0.39, 0.29) is 41.4 Å². The number of fused-ring (bicyclic) bond motifs is 2. The number of ether oxygens (including phenoxy) is 3. The number of hydrogen-bond acceptors (Lipinski definition) is 7. The maximum atomic E-state index is 13.5. The average Bonchev–Trinajstić information content (AvgIpc) is 2.81. The first-order valence-corrected chi connectivity index (χ1v) is 11.3. The van der Waals surface area contributed by atoms with Crippen molar-refractivity contribution >= 4 is 35.0 Å². The summed E-state index contributed by atoms with van der Waals surface area (Å²) >= 11 is 6.11. The second-order valence-electron chi connectivity index (χ2n) is 7.88. The third kappa shape index (κ3) is 4.07. The minimum atomic E-state index is -0.999. The van der Waals surface area contributed by atoms with Crippen LogP contribution in [0, 0.1) is 13.8 Å². The van der Waals surface area contributed by atoms with Gasteiger partial charge in [0.05, 0.1) is 29.9 Å². The van der Waals surface area contributed by atoms with Gasteiger partial charge in [-0.2, -0.15) is 0 Å². The van der Waals surface area contributed by atoms with Gasteiger partial charge in [0.1, 0.15) is 11.4 Å². The van der Waals surface area contributed by atoms with Crippen LogP contribution < -0.4 is 9.64 Å². The van der Waals surface area contributed by atoms with Crippen LogP contribution in [-0.4, -0.2) is 37.2 Å². The quantitative estimate of drug-likeness (QED) is 0.573. The lowest BCUT2D eigenvalue weighted by molar-refractivity contribution is -0.141. The summed E-state index contributed by atoms with van der Waals surface area (Å²) in [7, 11) is 0. The molecule has 2 aliphatic rings. The van der Waals surface area contributed by atoms with Crippen molar-refractivity contribution in [2.24, 2.45) is 0 Å². The molecule has 0 saturated carbocycles. The largest absolute Gasteiger partial charge is 0.465 e. The number of halogens is 1. The molecular formula is C26H24ClNO6. The van der Waals surface area contributed by atoms with Crippen LogP contribution in [0.5, 0.6) is 5.75 Å². The van der Waals surface area contributed by atoms with Gasteiger partial charge >= 0.3 is 11.9 Å². The molecule has 7 nitrogen and oxygen atoms in total. The van der Waals surface area contributed by atoms with E-state index in [1.54, 1.807) is 32.0 Å². The number of carbonyl (C=O) groups excluding carboxylic acids is 3. The highest BCUT2D eigenvalue weighted by atomic mass is 35.5. The average molecular weight is 482 g/mol. The monoisotopic (exact) mass is 481 g/mol. The van der Waals surface area contributed by atoms with Crippen LogP contribution in [0.4, 0.5) is 5.69 Å². The van der Waals surface area contributed by atoms with Gasteiger partial charge in [-0.15, -0.1) is 0 Å². The van der Waals surface area contributed by atoms with Crippen molar-refractivity contribution in [2.45, 2.75) is 33.9 Å². The Balaban J connectivity index is 1.99. The van der Waals surface area contributed by atoms with Gasteiger partial charge in [-0.3, -0.25) is 9.69 Å². The van der Waals surface area contributed by atoms with Crippen LogP contribution in [0.15, 0.2) is 59.3 Å². The zero-order valence-electron chi connectivity index (χ0n) is 19.3. The lowest BCUT2D eigenvalue weighted by atomic mass is 9.91. The van der Waals surface area contributed by atoms with Gasteiger partial charge in [0, 0.05) is 10.7 Å². The number of aryl methyl sites for hydroxylation is 2. The van der Waals surface area contributed by atoms with Gasteiger partial charge in [0.25, 0.3) is 0 Å². The van der Waals surface area contributed by atoms with Crippen molar-refractivity contribution in [1.82, 2.24) is 0 Å². The van der Waals surface area contributed by atoms with E-state index >= 15 is 0 Å². The number of esters is 2. The zero-order chi connectivity index (χ0) is 24.6. The predicted molar refractivity (Wildman–Crippen MR) is 127 cm³/mol. The summed E-state index contributed by atoms with van der Waals surface area (Å²) in [4.78, 5) is 41.2. The first-order valence-electron chi connectivity index (χ1n) is 10.9. The normalized spacial score (nSPS) is 16.9. The lowest BCUT2D eigenvalue weighted by Gasteiger charge is -2.41. The van der Waals surface area contributed by atoms with E-state index in [1.165, 1.54) is 17.0 Å². The number of Topliss-reactive ketones (excluding diaryl/α,β-unsaturated/α-hetero) is 1. The molecule has 0 N–H and O–H groups in total. The molecule has 176 valence electrons. The van der Waals surface area contributed by atoms with Crippen molar-refractivity contribution in [1.29, 1.82) is 0 Å². The molecule has 1 unspecified atom stereocenters. The van der Waals surface area contributed by atoms with Gasteiger partial charge in [0.15, 0.2) is 5.78 Å². The van der Waals surface area contributed by atoms with Crippen LogP contribution >= 0.6 is 11.6 Å². The Morgan fingerprint density at radius 3 is 2.38 bits per heavy atom. The summed E-state index contributed by atoms with van der Waals surface area (Å²) in [6.07, 6.45) is 0.361. The molecule has 8 heteroatoms. The summed E-state index contributed by atoms with van der Waals surface area (Å²) in [5.74, 6) is -1.49. The first-order chi connectivity index (χ1) is 16.3. The Labute approximate surface area is 202 Å². The highest BCUT2D eigenvalue weighted by Crippen LogP contribution is 2.41. The number of benzene rings is 2. The number of rotatable bonds is 5. The molecule has 2 heterocycles. The summed E-state index contributed by atoms with van der Waals surface area (Å²) in [5, 5.41) is 0.380. The van der Waals surface area contributed by atoms with Gasteiger partial charge < -0.3 is 14.2 Å². The van der Waals surface area contributed by atoms with E-state index in [9.17, 15) is 14.4 Å². The molecule has 2 aromatic carbocycles. The number of ketones is 1. The summed E-state index contributed by atoms with van der Waals surface area (Å²) in [6, 6.07) is 10.3. The minimum Gasteiger partial charge on any atom is -0.465 e. The third-order valence-corrected chi connectivity index (χ3v) is 5.95. The maximum Gasteiger partial charge on any atom is 0.355 e. The van der Waals surface area contributed by atoms with Crippen molar-refractivity contribution in [3.05, 3.63) is 81.0 Å². The van der Waals surface area contributed by atoms with Crippen molar-refractivity contribution in [3.63, 3.8) is 0 Å². The van der Waals surface area contributed by atoms with Crippen LogP contribution in [0.25, 0.3) is 0 Å². The van der Waals surface area contributed by atoms with Crippen molar-refractivity contribution < 1.29 is 28.6 Å². The molecule has 0 spiro atoms. The number of carbonyl (C=O) groups is 3. The lowest BCUT2D eigenvalue weighted by Crippen LogP contribution is -2.50. The highest BCUT2D eigenvalue weighted by molar-refractivity contribution is 6.31. The van der Waals surface area contributed by atoms with Gasteiger partial charge in [0.2, 0.25) is 6.23 Å². The van der Waals surface area contributed by atoms with Gasteiger partial charge in [-0.05, 0) is 75.2 Å². The topological polar surface area (TPSA) is 82.1 Å². The molecule has 0 fully saturated rings. The van der Waals surface area contributed by atoms with Crippen LogP contribution in [0.3, 0.4) is 0 Å². The highest BCUT2D eigenvalue weighted by Gasteiger charge is 2.45. The second kappa shape index (κ2) is 9.35. The Morgan fingerprint density at radius 1 is 1.00 bits per heavy atom. The Bertz CT molecular complexity index is 1260. The zero-order valence-corrected chi connectivity index (χ0v) is 20.1. The van der Waals surface area contributed by atoms with Crippen LogP contribution in [0.1, 0.15) is 35.3 Å². The fourth-order valence-electron chi connectivity index (χ4n) is 3.95. The molecule has 2 aromatic rings. The van der Waals surface area contributed by atoms with Crippen molar-refractivity contribution in [2.75, 3.05) is 18.1 Å². The van der Waals surface area contributed by atoms with E-state index in [4.69, 9.17) is 25.8 Å². The van der Waals surface area contributed by atoms with Gasteiger partial charge in [-0.25, -0.2) is 9.59 Å². The van der Waals surface area contributed by atoms with E-state index in [0.717, 1.165) is 11.1 Å². The molecular weight excluding hydrogens is 458 g/mol. The molecule has 0 bridgehead atoms. The first kappa shape index (κ1) is 23.6. The van der Waals surface area contributed by atoms with Crippen LogP contribution in [-0.2, 0) is 19.1 Å². The number of anilines is 1. The van der Waals surface area contributed by atoms with E-state index < -0.39 is 18.2 Å². The smallest absolute Gasteiger partial charge is 0.355 e. The number of hydrogen-bond donors (Lipinski definition) is 0.